The van der Waals surface area contributed by atoms with E-state index in [4.69, 9.17) is 9.47 Å². The predicted octanol–water partition coefficient (Wildman–Crippen LogP) is 1.03. The molecule has 0 spiro atoms. The maximum absolute atomic E-state index is 12.0. The molecule has 5 heteroatoms. The lowest BCUT2D eigenvalue weighted by Gasteiger charge is -2.34. The zero-order valence-electron chi connectivity index (χ0n) is 12.7. The van der Waals surface area contributed by atoms with Gasteiger partial charge in [0, 0.05) is 26.2 Å². The van der Waals surface area contributed by atoms with Gasteiger partial charge in [0.15, 0.2) is 0 Å². The standard InChI is InChI=1S/C14H28N2O3/c1-5-7-15-14(3,13(17)18-4)11-16-8-6-9-19-12(2)10-16/h12,15H,5-11H2,1-4H3. The number of carbonyl (C=O) groups is 1. The highest BCUT2D eigenvalue weighted by Crippen LogP contribution is 2.13. The SMILES string of the molecule is CCCNC(C)(CN1CCCOC(C)C1)C(=O)OC. The van der Waals surface area contributed by atoms with Crippen molar-refractivity contribution >= 4 is 5.97 Å². The van der Waals surface area contributed by atoms with Gasteiger partial charge in [0.05, 0.1) is 13.2 Å². The number of nitrogens with one attached hydrogen (secondary N) is 1. The van der Waals surface area contributed by atoms with Crippen LogP contribution in [0.2, 0.25) is 0 Å². The van der Waals surface area contributed by atoms with Crippen molar-refractivity contribution < 1.29 is 14.3 Å². The monoisotopic (exact) mass is 272 g/mol. The molecule has 0 bridgehead atoms. The Balaban J connectivity index is 2.66. The number of hydrogen-bond donors (Lipinski definition) is 1. The van der Waals surface area contributed by atoms with E-state index in [1.54, 1.807) is 0 Å². The van der Waals surface area contributed by atoms with Crippen molar-refractivity contribution in [3.8, 4) is 0 Å². The summed E-state index contributed by atoms with van der Waals surface area (Å²) in [5.74, 6) is -0.196. The van der Waals surface area contributed by atoms with Crippen molar-refractivity contribution in [2.24, 2.45) is 0 Å². The average molecular weight is 272 g/mol. The largest absolute Gasteiger partial charge is 0.468 e. The van der Waals surface area contributed by atoms with Gasteiger partial charge in [0.25, 0.3) is 0 Å². The number of hydrogen-bond acceptors (Lipinski definition) is 5. The van der Waals surface area contributed by atoms with E-state index in [-0.39, 0.29) is 12.1 Å². The van der Waals surface area contributed by atoms with E-state index in [0.717, 1.165) is 39.1 Å². The van der Waals surface area contributed by atoms with Crippen LogP contribution in [0.25, 0.3) is 0 Å². The number of carbonyl (C=O) groups excluding carboxylic acids is 1. The number of ether oxygens (including phenoxy) is 2. The maximum Gasteiger partial charge on any atom is 0.327 e. The molecule has 5 nitrogen and oxygen atoms in total. The lowest BCUT2D eigenvalue weighted by atomic mass is 10.0. The second-order valence-corrected chi connectivity index (χ2v) is 5.52. The van der Waals surface area contributed by atoms with Crippen LogP contribution in [0.3, 0.4) is 0 Å². The van der Waals surface area contributed by atoms with E-state index in [0.29, 0.717) is 6.54 Å². The fourth-order valence-electron chi connectivity index (χ4n) is 2.49. The van der Waals surface area contributed by atoms with Crippen molar-refractivity contribution in [2.45, 2.75) is 45.3 Å². The number of nitrogens with zero attached hydrogens (tertiary/aromatic N) is 1. The highest BCUT2D eigenvalue weighted by molar-refractivity contribution is 5.80. The third kappa shape index (κ3) is 5.09. The Morgan fingerprint density at radius 2 is 2.32 bits per heavy atom. The minimum absolute atomic E-state index is 0.196. The van der Waals surface area contributed by atoms with Crippen molar-refractivity contribution in [2.75, 3.05) is 39.9 Å². The second-order valence-electron chi connectivity index (χ2n) is 5.52. The summed E-state index contributed by atoms with van der Waals surface area (Å²) in [6, 6.07) is 0. The lowest BCUT2D eigenvalue weighted by Crippen LogP contribution is -2.58. The lowest BCUT2D eigenvalue weighted by molar-refractivity contribution is -0.148. The first-order valence-electron chi connectivity index (χ1n) is 7.19. The van der Waals surface area contributed by atoms with Crippen LogP contribution in [0.1, 0.15) is 33.6 Å². The molecule has 1 aliphatic rings. The molecule has 112 valence electrons. The molecule has 1 saturated heterocycles. The Bertz CT molecular complexity index is 286. The smallest absolute Gasteiger partial charge is 0.327 e. The van der Waals surface area contributed by atoms with E-state index in [1.807, 2.05) is 6.92 Å². The molecule has 1 heterocycles. The molecule has 1 rings (SSSR count). The minimum Gasteiger partial charge on any atom is -0.468 e. The van der Waals surface area contributed by atoms with Crippen molar-refractivity contribution in [1.82, 2.24) is 10.2 Å². The molecule has 0 aromatic rings. The Morgan fingerprint density at radius 1 is 1.58 bits per heavy atom. The summed E-state index contributed by atoms with van der Waals surface area (Å²) in [6.45, 7) is 10.2. The summed E-state index contributed by atoms with van der Waals surface area (Å²) in [5.41, 5.74) is -0.644. The van der Waals surface area contributed by atoms with Crippen LogP contribution in [-0.4, -0.2) is 62.4 Å². The fraction of sp³-hybridized carbons (Fsp3) is 0.929. The van der Waals surface area contributed by atoms with E-state index in [1.165, 1.54) is 7.11 Å². The summed E-state index contributed by atoms with van der Waals surface area (Å²) in [7, 11) is 1.45. The topological polar surface area (TPSA) is 50.8 Å². The molecular formula is C14H28N2O3. The Hall–Kier alpha value is -0.650. The molecule has 0 radical (unpaired) electrons. The van der Waals surface area contributed by atoms with Crippen LogP contribution in [0.15, 0.2) is 0 Å². The van der Waals surface area contributed by atoms with Crippen molar-refractivity contribution in [3.05, 3.63) is 0 Å². The Morgan fingerprint density at radius 3 is 2.95 bits per heavy atom. The normalized spacial score (nSPS) is 24.5. The summed E-state index contributed by atoms with van der Waals surface area (Å²) in [6.07, 6.45) is 2.22. The number of methoxy groups -OCH3 is 1. The van der Waals surface area contributed by atoms with Crippen molar-refractivity contribution in [3.63, 3.8) is 0 Å². The minimum atomic E-state index is -0.644. The zero-order valence-corrected chi connectivity index (χ0v) is 12.7. The molecule has 2 atom stereocenters. The molecule has 2 unspecified atom stereocenters. The second kappa shape index (κ2) is 7.82. The molecule has 1 fully saturated rings. The summed E-state index contributed by atoms with van der Waals surface area (Å²) < 4.78 is 10.6. The van der Waals surface area contributed by atoms with E-state index >= 15 is 0 Å². The van der Waals surface area contributed by atoms with Crippen LogP contribution < -0.4 is 5.32 Å². The number of esters is 1. The Kier molecular flexibility index (Phi) is 6.75. The van der Waals surface area contributed by atoms with E-state index < -0.39 is 5.54 Å². The highest BCUT2D eigenvalue weighted by atomic mass is 16.5. The van der Waals surface area contributed by atoms with Gasteiger partial charge in [-0.1, -0.05) is 6.92 Å². The zero-order chi connectivity index (χ0) is 14.3. The van der Waals surface area contributed by atoms with Crippen LogP contribution in [0, 0.1) is 0 Å². The van der Waals surface area contributed by atoms with Crippen LogP contribution in [0.4, 0.5) is 0 Å². The summed E-state index contributed by atoms with van der Waals surface area (Å²) in [4.78, 5) is 14.3. The first-order chi connectivity index (χ1) is 9.01. The Labute approximate surface area is 116 Å². The average Bonchev–Trinajstić information content (AvgIpc) is 2.59. The summed E-state index contributed by atoms with van der Waals surface area (Å²) in [5, 5.41) is 3.32. The third-order valence-corrected chi connectivity index (χ3v) is 3.48. The van der Waals surface area contributed by atoms with Gasteiger partial charge in [-0.3, -0.25) is 9.69 Å². The van der Waals surface area contributed by atoms with Gasteiger partial charge in [-0.05, 0) is 33.2 Å². The van der Waals surface area contributed by atoms with Gasteiger partial charge in [-0.2, -0.15) is 0 Å². The van der Waals surface area contributed by atoms with Crippen LogP contribution in [0.5, 0.6) is 0 Å². The van der Waals surface area contributed by atoms with Gasteiger partial charge in [-0.15, -0.1) is 0 Å². The molecule has 0 saturated carbocycles. The van der Waals surface area contributed by atoms with Crippen LogP contribution in [-0.2, 0) is 14.3 Å². The molecule has 0 aliphatic carbocycles. The van der Waals surface area contributed by atoms with E-state index in [2.05, 4.69) is 24.1 Å². The molecule has 0 aromatic carbocycles. The van der Waals surface area contributed by atoms with Gasteiger partial charge in [-0.25, -0.2) is 0 Å². The molecule has 19 heavy (non-hydrogen) atoms. The number of rotatable bonds is 6. The molecule has 0 amide bonds. The quantitative estimate of drug-likeness (QED) is 0.732. The van der Waals surface area contributed by atoms with E-state index in [9.17, 15) is 4.79 Å². The molecule has 1 aliphatic heterocycles. The first-order valence-corrected chi connectivity index (χ1v) is 7.19. The fourth-order valence-corrected chi connectivity index (χ4v) is 2.49. The predicted molar refractivity (Wildman–Crippen MR) is 75.2 cm³/mol. The van der Waals surface area contributed by atoms with Crippen molar-refractivity contribution in [1.29, 1.82) is 0 Å². The summed E-state index contributed by atoms with van der Waals surface area (Å²) >= 11 is 0. The van der Waals surface area contributed by atoms with Gasteiger partial charge >= 0.3 is 5.97 Å². The molecule has 1 N–H and O–H groups in total. The molecule has 0 aromatic heterocycles. The first kappa shape index (κ1) is 16.4. The maximum atomic E-state index is 12.0. The molecular weight excluding hydrogens is 244 g/mol. The van der Waals surface area contributed by atoms with Gasteiger partial charge in [0.2, 0.25) is 0 Å². The van der Waals surface area contributed by atoms with Crippen LogP contribution >= 0.6 is 0 Å². The third-order valence-electron chi connectivity index (χ3n) is 3.48. The van der Waals surface area contributed by atoms with Gasteiger partial charge in [0.1, 0.15) is 5.54 Å². The van der Waals surface area contributed by atoms with Gasteiger partial charge < -0.3 is 14.8 Å². The highest BCUT2D eigenvalue weighted by Gasteiger charge is 2.36.